The summed E-state index contributed by atoms with van der Waals surface area (Å²) in [6.45, 7) is 6.36. The molecule has 1 heterocycles. The number of benzene rings is 2. The Bertz CT molecular complexity index is 999. The van der Waals surface area contributed by atoms with Gasteiger partial charge in [-0.05, 0) is 61.2 Å². The smallest absolute Gasteiger partial charge is 0.240 e. The highest BCUT2D eigenvalue weighted by molar-refractivity contribution is 7.89. The van der Waals surface area contributed by atoms with Crippen LogP contribution in [0.4, 0.5) is 5.69 Å². The van der Waals surface area contributed by atoms with Gasteiger partial charge in [0.15, 0.2) is 0 Å². The van der Waals surface area contributed by atoms with Crippen LogP contribution in [-0.4, -0.2) is 34.5 Å². The Kier molecular flexibility index (Phi) is 5.26. The zero-order chi connectivity index (χ0) is 19.8. The molecule has 0 saturated carbocycles. The maximum absolute atomic E-state index is 12.5. The second-order valence-corrected chi connectivity index (χ2v) is 8.59. The van der Waals surface area contributed by atoms with Crippen molar-refractivity contribution >= 4 is 21.6 Å². The van der Waals surface area contributed by atoms with E-state index in [2.05, 4.69) is 4.72 Å². The van der Waals surface area contributed by atoms with Crippen molar-refractivity contribution in [1.82, 2.24) is 4.72 Å². The van der Waals surface area contributed by atoms with Crippen molar-refractivity contribution in [2.75, 3.05) is 25.1 Å². The Labute approximate surface area is 160 Å². The summed E-state index contributed by atoms with van der Waals surface area (Å²) in [5, 5.41) is 0. The number of fused-ring (bicyclic) bond motifs is 1. The van der Waals surface area contributed by atoms with E-state index in [0.717, 1.165) is 33.7 Å². The molecule has 3 rings (SSSR count). The summed E-state index contributed by atoms with van der Waals surface area (Å²) in [6.07, 6.45) is 0.226. The monoisotopic (exact) mass is 388 g/mol. The number of amides is 1. The predicted octanol–water partition coefficient (Wildman–Crippen LogP) is 2.49. The number of hydrogen-bond donors (Lipinski definition) is 1. The number of sulfonamides is 1. The normalized spacial score (nSPS) is 13.8. The number of anilines is 1. The molecule has 2 aromatic rings. The van der Waals surface area contributed by atoms with Gasteiger partial charge in [-0.25, -0.2) is 13.1 Å². The summed E-state index contributed by atoms with van der Waals surface area (Å²) in [7, 11) is -1.97. The lowest BCUT2D eigenvalue weighted by Gasteiger charge is -2.14. The lowest BCUT2D eigenvalue weighted by Crippen LogP contribution is -2.28. The topological polar surface area (TPSA) is 75.7 Å². The molecule has 1 aliphatic heterocycles. The van der Waals surface area contributed by atoms with Gasteiger partial charge >= 0.3 is 0 Å². The minimum Gasteiger partial charge on any atom is -0.492 e. The molecule has 0 saturated heterocycles. The zero-order valence-electron chi connectivity index (χ0n) is 16.0. The van der Waals surface area contributed by atoms with Gasteiger partial charge in [0.2, 0.25) is 15.9 Å². The minimum absolute atomic E-state index is 0.0372. The molecular weight excluding hydrogens is 364 g/mol. The third-order valence-corrected chi connectivity index (χ3v) is 6.41. The Hall–Kier alpha value is -2.38. The zero-order valence-corrected chi connectivity index (χ0v) is 16.8. The fourth-order valence-electron chi connectivity index (χ4n) is 3.17. The van der Waals surface area contributed by atoms with Crippen LogP contribution in [0.2, 0.25) is 0 Å². The van der Waals surface area contributed by atoms with Crippen LogP contribution in [0.5, 0.6) is 5.75 Å². The highest BCUT2D eigenvalue weighted by atomic mass is 32.2. The second-order valence-electron chi connectivity index (χ2n) is 6.82. The molecule has 6 nitrogen and oxygen atoms in total. The van der Waals surface area contributed by atoms with Crippen molar-refractivity contribution in [3.63, 3.8) is 0 Å². The maximum Gasteiger partial charge on any atom is 0.240 e. The summed E-state index contributed by atoms with van der Waals surface area (Å²) in [5.41, 5.74) is 4.70. The van der Waals surface area contributed by atoms with E-state index in [1.54, 1.807) is 24.1 Å². The van der Waals surface area contributed by atoms with Crippen LogP contribution < -0.4 is 14.4 Å². The van der Waals surface area contributed by atoms with Gasteiger partial charge in [-0.1, -0.05) is 12.1 Å². The molecule has 27 heavy (non-hydrogen) atoms. The first-order chi connectivity index (χ1) is 12.7. The molecule has 0 atom stereocenters. The largest absolute Gasteiger partial charge is 0.492 e. The van der Waals surface area contributed by atoms with Gasteiger partial charge in [-0.15, -0.1) is 0 Å². The first kappa shape index (κ1) is 19.4. The number of carbonyl (C=O) groups excluding carboxylic acids is 1. The fraction of sp³-hybridized carbons (Fsp3) is 0.350. The third-order valence-electron chi connectivity index (χ3n) is 4.95. The Morgan fingerprint density at radius 3 is 2.56 bits per heavy atom. The molecule has 0 fully saturated rings. The molecule has 0 aromatic heterocycles. The molecule has 7 heteroatoms. The van der Waals surface area contributed by atoms with Crippen LogP contribution in [0.3, 0.4) is 0 Å². The van der Waals surface area contributed by atoms with E-state index in [0.29, 0.717) is 0 Å². The van der Waals surface area contributed by atoms with Crippen LogP contribution >= 0.6 is 0 Å². The van der Waals surface area contributed by atoms with Crippen LogP contribution in [-0.2, 0) is 21.2 Å². The van der Waals surface area contributed by atoms with E-state index in [9.17, 15) is 13.2 Å². The number of aryl methyl sites for hydroxylation is 2. The first-order valence-electron chi connectivity index (χ1n) is 8.79. The summed E-state index contributed by atoms with van der Waals surface area (Å²) < 4.78 is 33.4. The minimum atomic E-state index is -3.66. The van der Waals surface area contributed by atoms with Crippen molar-refractivity contribution in [2.45, 2.75) is 32.1 Å². The summed E-state index contributed by atoms with van der Waals surface area (Å²) >= 11 is 0. The molecular formula is C20H24N2O4S. The summed E-state index contributed by atoms with van der Waals surface area (Å²) in [5.74, 6) is 0.762. The van der Waals surface area contributed by atoms with Crippen LogP contribution in [0.1, 0.15) is 22.3 Å². The van der Waals surface area contributed by atoms with Gasteiger partial charge in [0.05, 0.1) is 11.3 Å². The molecule has 0 bridgehead atoms. The SMILES string of the molecule is Cc1ccc(C)c(OCCNS(=O)(=O)c2ccc3c(c2)CC(=O)N3C)c1C. The molecule has 1 aliphatic rings. The second kappa shape index (κ2) is 7.32. The molecule has 144 valence electrons. The summed E-state index contributed by atoms with van der Waals surface area (Å²) in [6, 6.07) is 8.78. The van der Waals surface area contributed by atoms with Crippen molar-refractivity contribution in [3.8, 4) is 5.75 Å². The van der Waals surface area contributed by atoms with E-state index >= 15 is 0 Å². The average Bonchev–Trinajstić information content (AvgIpc) is 2.91. The molecule has 0 radical (unpaired) electrons. The number of carbonyl (C=O) groups is 1. The van der Waals surface area contributed by atoms with E-state index in [1.165, 1.54) is 6.07 Å². The van der Waals surface area contributed by atoms with E-state index in [1.807, 2.05) is 32.9 Å². The van der Waals surface area contributed by atoms with Crippen molar-refractivity contribution in [3.05, 3.63) is 52.6 Å². The average molecular weight is 388 g/mol. The quantitative estimate of drug-likeness (QED) is 0.772. The third kappa shape index (κ3) is 3.84. The number of hydrogen-bond acceptors (Lipinski definition) is 4. The number of ether oxygens (including phenoxy) is 1. The van der Waals surface area contributed by atoms with Gasteiger partial charge < -0.3 is 9.64 Å². The maximum atomic E-state index is 12.5. The van der Waals surface area contributed by atoms with Gasteiger partial charge in [0.25, 0.3) is 0 Å². The Morgan fingerprint density at radius 2 is 1.81 bits per heavy atom. The lowest BCUT2D eigenvalue weighted by atomic mass is 10.1. The molecule has 1 N–H and O–H groups in total. The molecule has 0 aliphatic carbocycles. The standard InChI is InChI=1S/C20H24N2O4S/c1-13-5-6-14(2)20(15(13)3)26-10-9-21-27(24,25)17-7-8-18-16(11-17)12-19(23)22(18)4/h5-8,11,21H,9-10,12H2,1-4H3. The van der Waals surface area contributed by atoms with Gasteiger partial charge in [0, 0.05) is 19.3 Å². The fourth-order valence-corrected chi connectivity index (χ4v) is 4.24. The molecule has 1 amide bonds. The first-order valence-corrected chi connectivity index (χ1v) is 10.3. The Morgan fingerprint density at radius 1 is 1.11 bits per heavy atom. The molecule has 2 aromatic carbocycles. The van der Waals surface area contributed by atoms with E-state index in [4.69, 9.17) is 4.74 Å². The van der Waals surface area contributed by atoms with E-state index in [-0.39, 0.29) is 30.4 Å². The number of likely N-dealkylation sites (N-methyl/N-ethyl adjacent to an activating group) is 1. The molecule has 0 spiro atoms. The number of rotatable bonds is 6. The van der Waals surface area contributed by atoms with Crippen molar-refractivity contribution in [2.24, 2.45) is 0 Å². The highest BCUT2D eigenvalue weighted by Gasteiger charge is 2.26. The van der Waals surface area contributed by atoms with Gasteiger partial charge in [-0.3, -0.25) is 4.79 Å². The van der Waals surface area contributed by atoms with Crippen LogP contribution in [0, 0.1) is 20.8 Å². The van der Waals surface area contributed by atoms with Crippen molar-refractivity contribution in [1.29, 1.82) is 0 Å². The lowest BCUT2D eigenvalue weighted by molar-refractivity contribution is -0.117. The van der Waals surface area contributed by atoms with Crippen LogP contribution in [0.25, 0.3) is 0 Å². The Balaban J connectivity index is 1.64. The number of nitrogens with zero attached hydrogens (tertiary/aromatic N) is 1. The van der Waals surface area contributed by atoms with Crippen LogP contribution in [0.15, 0.2) is 35.2 Å². The molecule has 0 unspecified atom stereocenters. The number of nitrogens with one attached hydrogen (secondary N) is 1. The van der Waals surface area contributed by atoms with Gasteiger partial charge in [-0.2, -0.15) is 0 Å². The highest BCUT2D eigenvalue weighted by Crippen LogP contribution is 2.29. The predicted molar refractivity (Wildman–Crippen MR) is 105 cm³/mol. The van der Waals surface area contributed by atoms with E-state index < -0.39 is 10.0 Å². The summed E-state index contributed by atoms with van der Waals surface area (Å²) in [4.78, 5) is 13.5. The van der Waals surface area contributed by atoms with Crippen molar-refractivity contribution < 1.29 is 17.9 Å². The van der Waals surface area contributed by atoms with Gasteiger partial charge in [0.1, 0.15) is 12.4 Å².